The van der Waals surface area contributed by atoms with E-state index in [0.29, 0.717) is 0 Å². The van der Waals surface area contributed by atoms with E-state index in [0.717, 1.165) is 17.9 Å². The fourth-order valence-corrected chi connectivity index (χ4v) is 1.62. The lowest BCUT2D eigenvalue weighted by Gasteiger charge is -2.26. The van der Waals surface area contributed by atoms with Gasteiger partial charge in [0.1, 0.15) is 5.75 Å². The van der Waals surface area contributed by atoms with Gasteiger partial charge in [0.15, 0.2) is 0 Å². The first-order valence-electron chi connectivity index (χ1n) is 6.09. The minimum Gasteiger partial charge on any atom is -0.491 e. The van der Waals surface area contributed by atoms with Crippen LogP contribution in [0.4, 0.5) is 5.69 Å². The lowest BCUT2D eigenvalue weighted by atomic mass is 10.0. The summed E-state index contributed by atoms with van der Waals surface area (Å²) in [6, 6.07) is 7.91. The molecule has 0 aliphatic carbocycles. The highest BCUT2D eigenvalue weighted by atomic mass is 16.5. The van der Waals surface area contributed by atoms with E-state index in [-0.39, 0.29) is 18.2 Å². The largest absolute Gasteiger partial charge is 0.491 e. The molecule has 0 amide bonds. The van der Waals surface area contributed by atoms with E-state index < -0.39 is 0 Å². The van der Waals surface area contributed by atoms with Crippen molar-refractivity contribution < 1.29 is 9.84 Å². The molecular formula is C14H23NO2. The molecule has 1 aromatic rings. The van der Waals surface area contributed by atoms with Gasteiger partial charge in [0, 0.05) is 17.8 Å². The van der Waals surface area contributed by atoms with Crippen molar-refractivity contribution in [3.8, 4) is 5.75 Å². The summed E-state index contributed by atoms with van der Waals surface area (Å²) < 4.78 is 5.58. The Morgan fingerprint density at radius 2 is 1.82 bits per heavy atom. The average molecular weight is 237 g/mol. The summed E-state index contributed by atoms with van der Waals surface area (Å²) in [6.07, 6.45) is 0.914. The van der Waals surface area contributed by atoms with Crippen molar-refractivity contribution in [2.45, 2.75) is 45.8 Å². The molecule has 0 unspecified atom stereocenters. The highest BCUT2D eigenvalue weighted by Gasteiger charge is 2.16. The lowest BCUT2D eigenvalue weighted by Crippen LogP contribution is -2.31. The van der Waals surface area contributed by atoms with Gasteiger partial charge in [-0.15, -0.1) is 0 Å². The van der Waals surface area contributed by atoms with Gasteiger partial charge in [-0.1, -0.05) is 0 Å². The zero-order chi connectivity index (χ0) is 12.9. The first-order valence-corrected chi connectivity index (χ1v) is 6.09. The van der Waals surface area contributed by atoms with Crippen molar-refractivity contribution >= 4 is 5.69 Å². The summed E-state index contributed by atoms with van der Waals surface area (Å²) in [5.74, 6) is 0.880. The molecule has 17 heavy (non-hydrogen) atoms. The van der Waals surface area contributed by atoms with Crippen LogP contribution in [0.5, 0.6) is 5.75 Å². The minimum atomic E-state index is -0.102. The second-order valence-electron chi connectivity index (χ2n) is 5.17. The van der Waals surface area contributed by atoms with Crippen molar-refractivity contribution in [3.05, 3.63) is 24.3 Å². The molecule has 0 aromatic heterocycles. The Kier molecular flexibility index (Phi) is 4.82. The zero-order valence-electron chi connectivity index (χ0n) is 11.2. The molecule has 3 nitrogen and oxygen atoms in total. The number of nitrogens with one attached hydrogen (secondary N) is 1. The molecule has 1 rings (SSSR count). The summed E-state index contributed by atoms with van der Waals surface area (Å²) in [5, 5.41) is 12.3. The lowest BCUT2D eigenvalue weighted by molar-refractivity contribution is 0.242. The van der Waals surface area contributed by atoms with Crippen LogP contribution in [0.25, 0.3) is 0 Å². The standard InChI is InChI=1S/C14H23NO2/c1-11(2)17-13-7-5-12(6-8-13)15-14(3,4)9-10-16/h5-8,11,15-16H,9-10H2,1-4H3. The molecule has 1 aromatic carbocycles. The third-order valence-electron chi connectivity index (χ3n) is 2.45. The fourth-order valence-electron chi connectivity index (χ4n) is 1.62. The van der Waals surface area contributed by atoms with Crippen molar-refractivity contribution in [1.29, 1.82) is 0 Å². The second-order valence-corrected chi connectivity index (χ2v) is 5.17. The highest BCUT2D eigenvalue weighted by molar-refractivity contribution is 5.48. The third-order valence-corrected chi connectivity index (χ3v) is 2.45. The van der Waals surface area contributed by atoms with Crippen LogP contribution in [0.2, 0.25) is 0 Å². The second kappa shape index (κ2) is 5.92. The molecule has 96 valence electrons. The van der Waals surface area contributed by atoms with Crippen molar-refractivity contribution in [1.82, 2.24) is 0 Å². The molecule has 0 aliphatic heterocycles. The van der Waals surface area contributed by atoms with Gasteiger partial charge in [0.25, 0.3) is 0 Å². The van der Waals surface area contributed by atoms with Crippen LogP contribution in [-0.2, 0) is 0 Å². The van der Waals surface area contributed by atoms with Gasteiger partial charge >= 0.3 is 0 Å². The molecule has 0 bridgehead atoms. The number of ether oxygens (including phenoxy) is 1. The van der Waals surface area contributed by atoms with Crippen molar-refractivity contribution in [3.63, 3.8) is 0 Å². The fraction of sp³-hybridized carbons (Fsp3) is 0.571. The van der Waals surface area contributed by atoms with Gasteiger partial charge in [0.05, 0.1) is 6.10 Å². The summed E-state index contributed by atoms with van der Waals surface area (Å²) in [6.45, 7) is 8.35. The molecule has 3 heteroatoms. The van der Waals surface area contributed by atoms with Gasteiger partial charge in [-0.3, -0.25) is 0 Å². The Hall–Kier alpha value is -1.22. The zero-order valence-corrected chi connectivity index (χ0v) is 11.2. The van der Waals surface area contributed by atoms with E-state index >= 15 is 0 Å². The molecule has 0 spiro atoms. The van der Waals surface area contributed by atoms with E-state index in [9.17, 15) is 0 Å². The topological polar surface area (TPSA) is 41.5 Å². The van der Waals surface area contributed by atoms with Crippen molar-refractivity contribution in [2.75, 3.05) is 11.9 Å². The number of aliphatic hydroxyl groups excluding tert-OH is 1. The van der Waals surface area contributed by atoms with Crippen molar-refractivity contribution in [2.24, 2.45) is 0 Å². The molecule has 0 saturated carbocycles. The highest BCUT2D eigenvalue weighted by Crippen LogP contribution is 2.21. The minimum absolute atomic E-state index is 0.102. The maximum Gasteiger partial charge on any atom is 0.119 e. The molecule has 0 heterocycles. The third kappa shape index (κ3) is 5.09. The summed E-state index contributed by atoms with van der Waals surface area (Å²) in [7, 11) is 0. The quantitative estimate of drug-likeness (QED) is 0.799. The monoisotopic (exact) mass is 237 g/mol. The van der Waals surface area contributed by atoms with Crippen LogP contribution in [0.1, 0.15) is 34.1 Å². The summed E-state index contributed by atoms with van der Waals surface area (Å²) in [5.41, 5.74) is 0.939. The normalized spacial score (nSPS) is 11.6. The summed E-state index contributed by atoms with van der Waals surface area (Å²) >= 11 is 0. The van der Waals surface area contributed by atoms with Crippen LogP contribution < -0.4 is 10.1 Å². The maximum atomic E-state index is 8.96. The predicted octanol–water partition coefficient (Wildman–Crippen LogP) is 3.05. The molecule has 0 aliphatic rings. The smallest absolute Gasteiger partial charge is 0.119 e. The van der Waals surface area contributed by atoms with Crippen LogP contribution in [0.3, 0.4) is 0 Å². The Morgan fingerprint density at radius 1 is 1.24 bits per heavy atom. The first-order chi connectivity index (χ1) is 7.93. The SMILES string of the molecule is CC(C)Oc1ccc(NC(C)(C)CCO)cc1. The number of aliphatic hydroxyl groups is 1. The first kappa shape index (κ1) is 13.8. The van der Waals surface area contributed by atoms with Gasteiger partial charge in [0.2, 0.25) is 0 Å². The average Bonchev–Trinajstić information content (AvgIpc) is 2.19. The predicted molar refractivity (Wildman–Crippen MR) is 71.6 cm³/mol. The number of hydrogen-bond acceptors (Lipinski definition) is 3. The Labute approximate surface area is 104 Å². The number of anilines is 1. The Bertz CT molecular complexity index is 331. The van der Waals surface area contributed by atoms with E-state index in [2.05, 4.69) is 19.2 Å². The molecule has 0 atom stereocenters. The van der Waals surface area contributed by atoms with Crippen LogP contribution >= 0.6 is 0 Å². The van der Waals surface area contributed by atoms with Gasteiger partial charge in [-0.05, 0) is 58.4 Å². The Morgan fingerprint density at radius 3 is 2.29 bits per heavy atom. The van der Waals surface area contributed by atoms with Gasteiger partial charge in [-0.2, -0.15) is 0 Å². The summed E-state index contributed by atoms with van der Waals surface area (Å²) in [4.78, 5) is 0. The van der Waals surface area contributed by atoms with E-state index in [4.69, 9.17) is 9.84 Å². The van der Waals surface area contributed by atoms with E-state index in [1.807, 2.05) is 38.1 Å². The Balaban J connectivity index is 2.62. The number of benzene rings is 1. The molecule has 0 fully saturated rings. The number of rotatable bonds is 6. The van der Waals surface area contributed by atoms with Gasteiger partial charge < -0.3 is 15.2 Å². The van der Waals surface area contributed by atoms with E-state index in [1.165, 1.54) is 0 Å². The number of hydrogen-bond donors (Lipinski definition) is 2. The molecule has 0 saturated heterocycles. The van der Waals surface area contributed by atoms with E-state index in [1.54, 1.807) is 0 Å². The van der Waals surface area contributed by atoms with Crippen LogP contribution in [0.15, 0.2) is 24.3 Å². The van der Waals surface area contributed by atoms with Crippen LogP contribution in [-0.4, -0.2) is 23.4 Å². The molecule has 2 N–H and O–H groups in total. The molecular weight excluding hydrogens is 214 g/mol. The molecule has 0 radical (unpaired) electrons. The van der Waals surface area contributed by atoms with Gasteiger partial charge in [-0.25, -0.2) is 0 Å². The van der Waals surface area contributed by atoms with Crippen LogP contribution in [0, 0.1) is 0 Å². The maximum absolute atomic E-state index is 8.96.